The highest BCUT2D eigenvalue weighted by Gasteiger charge is 2.44. The number of β-amino-alcohol motifs (C(OH)–C–C–N with tert-alkyl or cyclic N) is 1. The zero-order valence-electron chi connectivity index (χ0n) is 20.1. The summed E-state index contributed by atoms with van der Waals surface area (Å²) in [4.78, 5) is 39.1. The third-order valence-corrected chi connectivity index (χ3v) is 5.22. The number of aliphatic hydroxyl groups excluding tert-OH is 1. The van der Waals surface area contributed by atoms with Gasteiger partial charge in [-0.1, -0.05) is 46.8 Å². The van der Waals surface area contributed by atoms with Gasteiger partial charge in [0.15, 0.2) is 0 Å². The van der Waals surface area contributed by atoms with Crippen LogP contribution < -0.4 is 10.6 Å². The number of rotatable bonds is 5. The molecule has 1 aromatic rings. The Kier molecular flexibility index (Phi) is 9.85. The maximum atomic E-state index is 13.2. The first-order valence-electron chi connectivity index (χ1n) is 11.0. The summed E-state index contributed by atoms with van der Waals surface area (Å²) >= 11 is 0. The first kappa shape index (κ1) is 27.1. The highest BCUT2D eigenvalue weighted by Crippen LogP contribution is 2.26. The number of hydrogen-bond donors (Lipinski definition) is 3. The number of carbonyl (C=O) groups excluding carboxylic acids is 3. The van der Waals surface area contributed by atoms with Gasteiger partial charge in [-0.2, -0.15) is 5.26 Å². The Morgan fingerprint density at radius 1 is 1.16 bits per heavy atom. The highest BCUT2D eigenvalue weighted by molar-refractivity contribution is 5.93. The molecular weight excluding hydrogens is 408 g/mol. The van der Waals surface area contributed by atoms with E-state index in [4.69, 9.17) is 5.26 Å². The number of nitrogens with zero attached hydrogens (tertiary/aromatic N) is 2. The Morgan fingerprint density at radius 2 is 1.72 bits per heavy atom. The van der Waals surface area contributed by atoms with Crippen molar-refractivity contribution in [3.63, 3.8) is 0 Å². The third-order valence-electron chi connectivity index (χ3n) is 5.22. The summed E-state index contributed by atoms with van der Waals surface area (Å²) in [5, 5.41) is 24.6. The van der Waals surface area contributed by atoms with Crippen molar-refractivity contribution in [2.75, 3.05) is 6.54 Å². The minimum atomic E-state index is -0.827. The summed E-state index contributed by atoms with van der Waals surface area (Å²) in [6.45, 7) is 12.7. The van der Waals surface area contributed by atoms with E-state index in [1.165, 1.54) is 11.8 Å². The predicted octanol–water partition coefficient (Wildman–Crippen LogP) is 2.27. The van der Waals surface area contributed by atoms with E-state index in [0.717, 1.165) is 5.56 Å². The second-order valence-corrected chi connectivity index (χ2v) is 8.86. The van der Waals surface area contributed by atoms with Crippen molar-refractivity contribution in [1.82, 2.24) is 15.5 Å². The molecule has 4 unspecified atom stereocenters. The molecule has 32 heavy (non-hydrogen) atoms. The largest absolute Gasteiger partial charge is 0.391 e. The van der Waals surface area contributed by atoms with Gasteiger partial charge in [-0.05, 0) is 30.0 Å². The molecule has 1 fully saturated rings. The topological polar surface area (TPSA) is 123 Å². The molecule has 1 aliphatic heterocycles. The minimum Gasteiger partial charge on any atom is -0.391 e. The monoisotopic (exact) mass is 444 g/mol. The lowest BCUT2D eigenvalue weighted by Crippen LogP contribution is -2.57. The van der Waals surface area contributed by atoms with Gasteiger partial charge in [0, 0.05) is 19.9 Å². The van der Waals surface area contributed by atoms with E-state index in [0.29, 0.717) is 5.56 Å². The van der Waals surface area contributed by atoms with Gasteiger partial charge in [-0.15, -0.1) is 0 Å². The van der Waals surface area contributed by atoms with Gasteiger partial charge in [0.2, 0.25) is 17.7 Å². The van der Waals surface area contributed by atoms with Crippen LogP contribution in [0.1, 0.15) is 72.1 Å². The van der Waals surface area contributed by atoms with Crippen LogP contribution in [-0.4, -0.2) is 52.5 Å². The Bertz CT molecular complexity index is 839. The third kappa shape index (κ3) is 7.06. The molecule has 0 radical (unpaired) electrons. The van der Waals surface area contributed by atoms with E-state index < -0.39 is 23.6 Å². The van der Waals surface area contributed by atoms with Crippen molar-refractivity contribution in [2.24, 2.45) is 5.41 Å². The van der Waals surface area contributed by atoms with Crippen molar-refractivity contribution in [2.45, 2.75) is 79.1 Å². The maximum absolute atomic E-state index is 13.2. The van der Waals surface area contributed by atoms with Crippen molar-refractivity contribution < 1.29 is 19.5 Å². The second-order valence-electron chi connectivity index (χ2n) is 8.86. The van der Waals surface area contributed by atoms with Gasteiger partial charge >= 0.3 is 0 Å². The van der Waals surface area contributed by atoms with Crippen LogP contribution in [0.15, 0.2) is 24.3 Å². The maximum Gasteiger partial charge on any atom is 0.246 e. The van der Waals surface area contributed by atoms with Crippen molar-refractivity contribution in [3.8, 4) is 6.07 Å². The molecule has 3 N–H and O–H groups in total. The molecule has 8 heteroatoms. The molecule has 2 rings (SSSR count). The minimum absolute atomic E-state index is 0.0360. The first-order chi connectivity index (χ1) is 14.9. The van der Waals surface area contributed by atoms with Gasteiger partial charge in [-0.25, -0.2) is 0 Å². The Morgan fingerprint density at radius 3 is 2.19 bits per heavy atom. The molecule has 176 valence electrons. The number of carbonyl (C=O) groups is 3. The molecule has 1 aromatic carbocycles. The number of likely N-dealkylation sites (tertiary alicyclic amines) is 1. The van der Waals surface area contributed by atoms with Crippen LogP contribution in [0.3, 0.4) is 0 Å². The molecule has 4 atom stereocenters. The first-order valence-corrected chi connectivity index (χ1v) is 11.0. The van der Waals surface area contributed by atoms with Crippen LogP contribution in [0, 0.1) is 16.7 Å². The molecule has 1 heterocycles. The number of nitrogens with one attached hydrogen (secondary N) is 2. The summed E-state index contributed by atoms with van der Waals surface area (Å²) in [5.41, 5.74) is 0.788. The van der Waals surface area contributed by atoms with Crippen molar-refractivity contribution in [1.29, 1.82) is 5.26 Å². The average Bonchev–Trinajstić information content (AvgIpc) is 3.14. The highest BCUT2D eigenvalue weighted by atomic mass is 16.3. The summed E-state index contributed by atoms with van der Waals surface area (Å²) < 4.78 is 0. The zero-order valence-corrected chi connectivity index (χ0v) is 20.1. The van der Waals surface area contributed by atoms with Crippen LogP contribution in [0.5, 0.6) is 0 Å². The zero-order chi connectivity index (χ0) is 24.6. The molecule has 8 nitrogen and oxygen atoms in total. The molecule has 0 aliphatic carbocycles. The number of aliphatic hydroxyl groups is 1. The second kappa shape index (κ2) is 11.6. The van der Waals surface area contributed by atoms with Gasteiger partial charge in [0.1, 0.15) is 12.1 Å². The van der Waals surface area contributed by atoms with Gasteiger partial charge in [0.05, 0.1) is 23.8 Å². The van der Waals surface area contributed by atoms with Crippen LogP contribution in [-0.2, 0) is 14.4 Å². The van der Waals surface area contributed by atoms with Crippen molar-refractivity contribution >= 4 is 17.7 Å². The standard InChI is InChI=1S/C22H30N4O4.C2H6/c1-13(16-8-6-15(11-23)7-9-16)24-20(29)18-10-17(28)12-26(18)21(30)19(22(3,4)5)25-14(2)27;1-2/h6-9,13,17-19,28H,10,12H2,1-5H3,(H,24,29)(H,25,27);1-2H3. The summed E-state index contributed by atoms with van der Waals surface area (Å²) in [6.07, 6.45) is -0.679. The lowest BCUT2D eigenvalue weighted by Gasteiger charge is -2.35. The lowest BCUT2D eigenvalue weighted by molar-refractivity contribution is -0.144. The predicted molar refractivity (Wildman–Crippen MR) is 122 cm³/mol. The molecule has 0 spiro atoms. The molecule has 0 saturated carbocycles. The van der Waals surface area contributed by atoms with E-state index in [1.54, 1.807) is 24.3 Å². The van der Waals surface area contributed by atoms with Crippen LogP contribution in [0.25, 0.3) is 0 Å². The molecular formula is C24H36N4O4. The summed E-state index contributed by atoms with van der Waals surface area (Å²) in [5.74, 6) is -1.09. The summed E-state index contributed by atoms with van der Waals surface area (Å²) in [7, 11) is 0. The van der Waals surface area contributed by atoms with E-state index in [1.807, 2.05) is 47.6 Å². The quantitative estimate of drug-likeness (QED) is 0.643. The SMILES string of the molecule is CC.CC(=O)NC(C(=O)N1CC(O)CC1C(=O)NC(C)c1ccc(C#N)cc1)C(C)(C)C. The molecule has 0 bridgehead atoms. The number of nitriles is 1. The lowest BCUT2D eigenvalue weighted by atomic mass is 9.85. The fraction of sp³-hybridized carbons (Fsp3) is 0.583. The molecule has 0 aromatic heterocycles. The molecule has 3 amide bonds. The van der Waals surface area contributed by atoms with Crippen LogP contribution in [0.2, 0.25) is 0 Å². The number of amides is 3. The smallest absolute Gasteiger partial charge is 0.246 e. The van der Waals surface area contributed by atoms with E-state index in [-0.39, 0.29) is 36.7 Å². The Labute approximate surface area is 191 Å². The number of hydrogen-bond acceptors (Lipinski definition) is 5. The van der Waals surface area contributed by atoms with E-state index in [9.17, 15) is 19.5 Å². The van der Waals surface area contributed by atoms with E-state index >= 15 is 0 Å². The Balaban J connectivity index is 0.00000249. The fourth-order valence-electron chi connectivity index (χ4n) is 3.56. The normalized spacial score (nSPS) is 19.7. The Hall–Kier alpha value is -2.92. The average molecular weight is 445 g/mol. The van der Waals surface area contributed by atoms with Crippen molar-refractivity contribution in [3.05, 3.63) is 35.4 Å². The van der Waals surface area contributed by atoms with Gasteiger partial charge < -0.3 is 20.6 Å². The van der Waals surface area contributed by atoms with Gasteiger partial charge in [0.25, 0.3) is 0 Å². The summed E-state index contributed by atoms with van der Waals surface area (Å²) in [6, 6.07) is 6.95. The molecule has 1 aliphatic rings. The molecule has 1 saturated heterocycles. The van der Waals surface area contributed by atoms with Gasteiger partial charge in [-0.3, -0.25) is 14.4 Å². The van der Waals surface area contributed by atoms with Crippen LogP contribution in [0.4, 0.5) is 0 Å². The number of benzene rings is 1. The fourth-order valence-corrected chi connectivity index (χ4v) is 3.56. The van der Waals surface area contributed by atoms with Crippen LogP contribution >= 0.6 is 0 Å². The van der Waals surface area contributed by atoms with E-state index in [2.05, 4.69) is 10.6 Å².